The van der Waals surface area contributed by atoms with Crippen LogP contribution in [-0.2, 0) is 32.6 Å². The highest BCUT2D eigenvalue weighted by molar-refractivity contribution is 6.06. The SMILES string of the molecule is CC(=O)Nc1cccc2c1N(C)CN2CC(=O)Nc1ccc2c(c1)CC1(C2)C(=O)Nc2ncccc21. The maximum Gasteiger partial charge on any atom is 0.243 e. The number of carbonyl (C=O) groups is 3. The van der Waals surface area contributed by atoms with E-state index in [9.17, 15) is 14.4 Å². The molecule has 1 unspecified atom stereocenters. The first-order valence-corrected chi connectivity index (χ1v) is 11.9. The van der Waals surface area contributed by atoms with Gasteiger partial charge in [-0.15, -0.1) is 0 Å². The lowest BCUT2D eigenvalue weighted by Crippen LogP contribution is -2.35. The van der Waals surface area contributed by atoms with Crippen molar-refractivity contribution < 1.29 is 14.4 Å². The lowest BCUT2D eigenvalue weighted by Gasteiger charge is -2.20. The van der Waals surface area contributed by atoms with Crippen molar-refractivity contribution in [3.05, 3.63) is 71.4 Å². The van der Waals surface area contributed by atoms with Crippen LogP contribution in [0.15, 0.2) is 54.7 Å². The summed E-state index contributed by atoms with van der Waals surface area (Å²) in [5.41, 5.74) is 5.70. The summed E-state index contributed by atoms with van der Waals surface area (Å²) in [4.78, 5) is 45.8. The van der Waals surface area contributed by atoms with E-state index in [0.29, 0.717) is 31.0 Å². The van der Waals surface area contributed by atoms with Gasteiger partial charge >= 0.3 is 0 Å². The van der Waals surface area contributed by atoms with Gasteiger partial charge in [-0.05, 0) is 54.3 Å². The summed E-state index contributed by atoms with van der Waals surface area (Å²) in [6.07, 6.45) is 2.88. The smallest absolute Gasteiger partial charge is 0.243 e. The standard InChI is InChI=1S/C27H26N6O3/c1-16(34)29-21-6-3-7-22-24(21)32(2)15-33(22)14-23(35)30-19-9-8-17-12-27(13-18(17)11-19)20-5-4-10-28-25(20)31-26(27)36/h3-11H,12-15H2,1-2H3,(H,29,34)(H,30,35)(H,28,31,36). The van der Waals surface area contributed by atoms with Gasteiger partial charge in [-0.25, -0.2) is 4.98 Å². The van der Waals surface area contributed by atoms with E-state index in [2.05, 4.69) is 20.9 Å². The van der Waals surface area contributed by atoms with Crippen molar-refractivity contribution in [1.29, 1.82) is 0 Å². The maximum absolute atomic E-state index is 13.0. The van der Waals surface area contributed by atoms with Crippen LogP contribution in [0.5, 0.6) is 0 Å². The van der Waals surface area contributed by atoms with Crippen LogP contribution in [0.1, 0.15) is 23.6 Å². The molecule has 3 aliphatic rings. The van der Waals surface area contributed by atoms with Crippen molar-refractivity contribution in [3.8, 4) is 0 Å². The largest absolute Gasteiger partial charge is 0.354 e. The third-order valence-corrected chi connectivity index (χ3v) is 7.23. The molecule has 2 aliphatic heterocycles. The highest BCUT2D eigenvalue weighted by Gasteiger charge is 2.51. The van der Waals surface area contributed by atoms with Gasteiger partial charge in [0.15, 0.2) is 0 Å². The van der Waals surface area contributed by atoms with Crippen LogP contribution in [0.4, 0.5) is 28.6 Å². The van der Waals surface area contributed by atoms with Crippen molar-refractivity contribution in [2.24, 2.45) is 0 Å². The van der Waals surface area contributed by atoms with Gasteiger partial charge in [-0.1, -0.05) is 18.2 Å². The second-order valence-corrected chi connectivity index (χ2v) is 9.71. The Morgan fingerprint density at radius 2 is 1.92 bits per heavy atom. The summed E-state index contributed by atoms with van der Waals surface area (Å²) < 4.78 is 0. The summed E-state index contributed by atoms with van der Waals surface area (Å²) in [6.45, 7) is 2.19. The van der Waals surface area contributed by atoms with Gasteiger partial charge in [0.05, 0.1) is 35.7 Å². The molecule has 2 aromatic carbocycles. The van der Waals surface area contributed by atoms with Crippen LogP contribution in [0.3, 0.4) is 0 Å². The van der Waals surface area contributed by atoms with E-state index < -0.39 is 5.41 Å². The van der Waals surface area contributed by atoms with E-state index in [4.69, 9.17) is 0 Å². The van der Waals surface area contributed by atoms with Gasteiger partial charge < -0.3 is 25.8 Å². The number of amides is 3. The molecule has 3 aromatic rings. The summed E-state index contributed by atoms with van der Waals surface area (Å²) >= 11 is 0. The van der Waals surface area contributed by atoms with Crippen molar-refractivity contribution in [2.45, 2.75) is 25.2 Å². The Balaban J connectivity index is 1.18. The maximum atomic E-state index is 13.0. The number of rotatable bonds is 4. The highest BCUT2D eigenvalue weighted by Crippen LogP contribution is 2.47. The number of benzene rings is 2. The van der Waals surface area contributed by atoms with E-state index in [1.807, 2.05) is 65.4 Å². The number of fused-ring (bicyclic) bond motifs is 4. The number of nitrogens with zero attached hydrogens (tertiary/aromatic N) is 3. The molecule has 3 N–H and O–H groups in total. The average molecular weight is 483 g/mol. The third-order valence-electron chi connectivity index (χ3n) is 7.23. The second kappa shape index (κ2) is 8.08. The summed E-state index contributed by atoms with van der Waals surface area (Å²) in [6, 6.07) is 15.4. The number of anilines is 5. The summed E-state index contributed by atoms with van der Waals surface area (Å²) in [5, 5.41) is 8.81. The second-order valence-electron chi connectivity index (χ2n) is 9.71. The normalized spacial score (nSPS) is 19.1. The Morgan fingerprint density at radius 1 is 1.08 bits per heavy atom. The zero-order chi connectivity index (χ0) is 25.0. The highest BCUT2D eigenvalue weighted by atomic mass is 16.2. The Morgan fingerprint density at radius 3 is 2.75 bits per heavy atom. The minimum atomic E-state index is -0.635. The van der Waals surface area contributed by atoms with E-state index in [1.54, 1.807) is 6.20 Å². The van der Waals surface area contributed by atoms with E-state index in [0.717, 1.165) is 33.8 Å². The molecule has 3 heterocycles. The molecule has 0 bridgehead atoms. The lowest BCUT2D eigenvalue weighted by atomic mass is 9.79. The number of nitrogens with one attached hydrogen (secondary N) is 3. The minimum Gasteiger partial charge on any atom is -0.354 e. The predicted octanol–water partition coefficient (Wildman–Crippen LogP) is 2.88. The summed E-state index contributed by atoms with van der Waals surface area (Å²) in [7, 11) is 1.94. The monoisotopic (exact) mass is 482 g/mol. The van der Waals surface area contributed by atoms with Crippen LogP contribution in [0.25, 0.3) is 0 Å². The number of hydrogen-bond donors (Lipinski definition) is 3. The van der Waals surface area contributed by atoms with Crippen molar-refractivity contribution in [3.63, 3.8) is 0 Å². The first kappa shape index (κ1) is 22.1. The van der Waals surface area contributed by atoms with E-state index in [1.165, 1.54) is 6.92 Å². The molecule has 0 fully saturated rings. The Bertz CT molecular complexity index is 1440. The molecule has 6 rings (SSSR count). The Labute approximate surface area is 208 Å². The fraction of sp³-hybridized carbons (Fsp3) is 0.259. The fourth-order valence-electron chi connectivity index (χ4n) is 5.74. The molecular weight excluding hydrogens is 456 g/mol. The molecular formula is C27H26N6O3. The van der Waals surface area contributed by atoms with Gasteiger partial charge in [0.25, 0.3) is 0 Å². The van der Waals surface area contributed by atoms with Gasteiger partial charge in [0.1, 0.15) is 5.82 Å². The molecule has 1 aromatic heterocycles. The predicted molar refractivity (Wildman–Crippen MR) is 138 cm³/mol. The fourth-order valence-corrected chi connectivity index (χ4v) is 5.74. The number of aromatic nitrogens is 1. The quantitative estimate of drug-likeness (QED) is 0.528. The van der Waals surface area contributed by atoms with Crippen LogP contribution in [-0.4, -0.2) is 43.0 Å². The molecule has 0 radical (unpaired) electrons. The van der Waals surface area contributed by atoms with Gasteiger partial charge in [0.2, 0.25) is 17.7 Å². The molecule has 3 amide bonds. The molecule has 0 saturated heterocycles. The summed E-state index contributed by atoms with van der Waals surface area (Å²) in [5.74, 6) is 0.345. The van der Waals surface area contributed by atoms with Crippen molar-refractivity contribution in [1.82, 2.24) is 4.98 Å². The minimum absolute atomic E-state index is 0.0200. The molecule has 9 nitrogen and oxygen atoms in total. The molecule has 1 aliphatic carbocycles. The van der Waals surface area contributed by atoms with Crippen molar-refractivity contribution >= 4 is 46.3 Å². The van der Waals surface area contributed by atoms with Crippen LogP contribution in [0.2, 0.25) is 0 Å². The number of para-hydroxylation sites is 1. The first-order valence-electron chi connectivity index (χ1n) is 11.9. The van der Waals surface area contributed by atoms with Crippen LogP contribution in [0, 0.1) is 0 Å². The topological polar surface area (TPSA) is 107 Å². The number of carbonyl (C=O) groups excluding carboxylic acids is 3. The molecule has 1 atom stereocenters. The number of hydrogen-bond acceptors (Lipinski definition) is 6. The Hall–Kier alpha value is -4.40. The van der Waals surface area contributed by atoms with E-state index in [-0.39, 0.29) is 24.3 Å². The van der Waals surface area contributed by atoms with Gasteiger partial charge in [0, 0.05) is 31.4 Å². The van der Waals surface area contributed by atoms with Crippen LogP contribution >= 0.6 is 0 Å². The molecule has 182 valence electrons. The molecule has 1 spiro atoms. The van der Waals surface area contributed by atoms with E-state index >= 15 is 0 Å². The van der Waals surface area contributed by atoms with Crippen LogP contribution < -0.4 is 25.8 Å². The Kier molecular flexibility index (Phi) is 4.96. The zero-order valence-electron chi connectivity index (χ0n) is 20.1. The van der Waals surface area contributed by atoms with Gasteiger partial charge in [-0.3, -0.25) is 14.4 Å². The first-order chi connectivity index (χ1) is 17.3. The third kappa shape index (κ3) is 3.46. The van der Waals surface area contributed by atoms with Crippen molar-refractivity contribution in [2.75, 3.05) is 46.0 Å². The van der Waals surface area contributed by atoms with Gasteiger partial charge in [-0.2, -0.15) is 0 Å². The molecule has 0 saturated carbocycles. The molecule has 36 heavy (non-hydrogen) atoms. The lowest BCUT2D eigenvalue weighted by molar-refractivity contribution is -0.120. The zero-order valence-corrected chi connectivity index (χ0v) is 20.1. The number of pyridine rings is 1. The average Bonchev–Trinajstić information content (AvgIpc) is 3.46. The molecule has 9 heteroatoms.